The number of hydrogen-bond donors (Lipinski definition) is 3. The van der Waals surface area contributed by atoms with Gasteiger partial charge in [0.15, 0.2) is 0 Å². The fraction of sp³-hybridized carbons (Fsp3) is 0.176. The number of carbonyl (C=O) groups is 2. The number of rotatable bonds is 4. The highest BCUT2D eigenvalue weighted by Gasteiger charge is 2.33. The Morgan fingerprint density at radius 2 is 2.04 bits per heavy atom. The van der Waals surface area contributed by atoms with Crippen molar-refractivity contribution in [1.29, 1.82) is 0 Å². The second kappa shape index (κ2) is 6.49. The number of methoxy groups -OCH3 is 1. The number of nitrogens with one attached hydrogen (secondary N) is 3. The van der Waals surface area contributed by atoms with Gasteiger partial charge in [-0.1, -0.05) is 12.1 Å². The van der Waals surface area contributed by atoms with Crippen molar-refractivity contribution in [3.8, 4) is 5.75 Å². The highest BCUT2D eigenvalue weighted by Crippen LogP contribution is 2.29. The molecule has 3 rings (SSSR count). The Balaban J connectivity index is 1.93. The van der Waals surface area contributed by atoms with Crippen LogP contribution in [0.25, 0.3) is 0 Å². The first-order valence-corrected chi connectivity index (χ1v) is 7.36. The highest BCUT2D eigenvalue weighted by molar-refractivity contribution is 6.07. The number of urea groups is 1. The molecule has 1 aliphatic rings. The molecule has 0 radical (unpaired) electrons. The molecular formula is C17H17N3O4. The zero-order chi connectivity index (χ0) is 17.1. The minimum Gasteiger partial charge on any atom is -0.495 e. The lowest BCUT2D eigenvalue weighted by molar-refractivity contribution is -0.113. The van der Waals surface area contributed by atoms with Gasteiger partial charge >= 0.3 is 6.03 Å². The van der Waals surface area contributed by atoms with E-state index in [-0.39, 0.29) is 11.9 Å². The van der Waals surface area contributed by atoms with Crippen LogP contribution in [0.1, 0.15) is 18.7 Å². The van der Waals surface area contributed by atoms with E-state index in [0.29, 0.717) is 28.5 Å². The Labute approximate surface area is 138 Å². The van der Waals surface area contributed by atoms with Crippen LogP contribution in [0, 0.1) is 0 Å². The van der Waals surface area contributed by atoms with Crippen LogP contribution in [-0.4, -0.2) is 19.0 Å². The Hall–Kier alpha value is -3.22. The Kier molecular flexibility index (Phi) is 4.24. The van der Waals surface area contributed by atoms with Crippen molar-refractivity contribution in [2.45, 2.75) is 13.0 Å². The molecule has 0 saturated carbocycles. The lowest BCUT2D eigenvalue weighted by Crippen LogP contribution is -2.45. The normalized spacial score (nSPS) is 17.1. The minimum atomic E-state index is -0.663. The predicted octanol–water partition coefficient (Wildman–Crippen LogP) is 2.55. The molecular weight excluding hydrogens is 310 g/mol. The number of amides is 3. The number of benzene rings is 1. The molecule has 0 bridgehead atoms. The van der Waals surface area contributed by atoms with Crippen LogP contribution in [-0.2, 0) is 4.79 Å². The molecule has 0 saturated heterocycles. The number of ether oxygens (including phenoxy) is 1. The van der Waals surface area contributed by atoms with E-state index < -0.39 is 6.04 Å². The average Bonchev–Trinajstić information content (AvgIpc) is 3.08. The SMILES string of the molecule is COc1ccccc1NC(=O)C1=C(C)NC(=O)N[C@H]1c1ccco1. The molecule has 2 heterocycles. The number of furan rings is 1. The quantitative estimate of drug-likeness (QED) is 0.804. The summed E-state index contributed by atoms with van der Waals surface area (Å²) in [5.41, 5.74) is 1.38. The molecule has 7 heteroatoms. The van der Waals surface area contributed by atoms with Gasteiger partial charge in [0.2, 0.25) is 0 Å². The van der Waals surface area contributed by atoms with E-state index in [1.807, 2.05) is 6.07 Å². The van der Waals surface area contributed by atoms with Gasteiger partial charge in [0.1, 0.15) is 17.6 Å². The second-order valence-corrected chi connectivity index (χ2v) is 5.24. The van der Waals surface area contributed by atoms with E-state index in [2.05, 4.69) is 16.0 Å². The van der Waals surface area contributed by atoms with Crippen LogP contribution >= 0.6 is 0 Å². The van der Waals surface area contributed by atoms with Gasteiger partial charge in [-0.2, -0.15) is 0 Å². The molecule has 124 valence electrons. The van der Waals surface area contributed by atoms with Gasteiger partial charge in [-0.3, -0.25) is 4.79 Å². The molecule has 7 nitrogen and oxygen atoms in total. The van der Waals surface area contributed by atoms with E-state index in [0.717, 1.165) is 0 Å². The maximum Gasteiger partial charge on any atom is 0.319 e. The minimum absolute atomic E-state index is 0.356. The first kappa shape index (κ1) is 15.7. The van der Waals surface area contributed by atoms with Crippen molar-refractivity contribution in [1.82, 2.24) is 10.6 Å². The van der Waals surface area contributed by atoms with Gasteiger partial charge in [-0.05, 0) is 31.2 Å². The summed E-state index contributed by atoms with van der Waals surface area (Å²) in [7, 11) is 1.53. The summed E-state index contributed by atoms with van der Waals surface area (Å²) in [4.78, 5) is 24.6. The number of carbonyl (C=O) groups excluding carboxylic acids is 2. The molecule has 3 N–H and O–H groups in total. The van der Waals surface area contributed by atoms with Gasteiger partial charge in [0.25, 0.3) is 5.91 Å². The fourth-order valence-corrected chi connectivity index (χ4v) is 2.60. The summed E-state index contributed by atoms with van der Waals surface area (Å²) in [6.45, 7) is 1.67. The van der Waals surface area contributed by atoms with E-state index in [1.54, 1.807) is 37.3 Å². The van der Waals surface area contributed by atoms with Gasteiger partial charge < -0.3 is 25.1 Å². The van der Waals surface area contributed by atoms with Crippen LogP contribution < -0.4 is 20.7 Å². The van der Waals surface area contributed by atoms with Gasteiger partial charge in [-0.25, -0.2) is 4.79 Å². The summed E-state index contributed by atoms with van der Waals surface area (Å²) in [6, 6.07) is 9.46. The van der Waals surface area contributed by atoms with Crippen LogP contribution in [0.5, 0.6) is 5.75 Å². The van der Waals surface area contributed by atoms with Gasteiger partial charge in [-0.15, -0.1) is 0 Å². The van der Waals surface area contributed by atoms with Crippen molar-refractivity contribution >= 4 is 17.6 Å². The molecule has 1 atom stereocenters. The van der Waals surface area contributed by atoms with E-state index >= 15 is 0 Å². The lowest BCUT2D eigenvalue weighted by atomic mass is 9.99. The van der Waals surface area contributed by atoms with Crippen molar-refractivity contribution in [3.63, 3.8) is 0 Å². The Morgan fingerprint density at radius 1 is 1.25 bits per heavy atom. The molecule has 24 heavy (non-hydrogen) atoms. The van der Waals surface area contributed by atoms with Crippen LogP contribution in [0.2, 0.25) is 0 Å². The maximum atomic E-state index is 12.8. The summed E-state index contributed by atoms with van der Waals surface area (Å²) in [6.07, 6.45) is 1.49. The molecule has 1 aromatic heterocycles. The number of allylic oxidation sites excluding steroid dienone is 1. The van der Waals surface area contributed by atoms with E-state index in [4.69, 9.17) is 9.15 Å². The molecule has 1 aliphatic heterocycles. The third kappa shape index (κ3) is 2.96. The molecule has 3 amide bonds. The zero-order valence-electron chi connectivity index (χ0n) is 13.3. The van der Waals surface area contributed by atoms with E-state index in [9.17, 15) is 9.59 Å². The first-order valence-electron chi connectivity index (χ1n) is 7.36. The standard InChI is InChI=1S/C17H17N3O4/c1-10-14(15(20-17(22)18-10)13-8-5-9-24-13)16(21)19-11-6-3-4-7-12(11)23-2/h3-9,15H,1-2H3,(H,19,21)(H2,18,20,22)/t15-/m0/s1. The number of hydrogen-bond acceptors (Lipinski definition) is 4. The molecule has 2 aromatic rings. The summed E-state index contributed by atoms with van der Waals surface area (Å²) in [5, 5.41) is 8.13. The monoisotopic (exact) mass is 327 g/mol. The number of para-hydroxylation sites is 2. The molecule has 0 aliphatic carbocycles. The molecule has 0 spiro atoms. The first-order chi connectivity index (χ1) is 11.6. The Bertz CT molecular complexity index is 796. The van der Waals surface area contributed by atoms with Gasteiger partial charge in [0, 0.05) is 5.70 Å². The predicted molar refractivity (Wildman–Crippen MR) is 87.4 cm³/mol. The van der Waals surface area contributed by atoms with Crippen molar-refractivity contribution in [2.24, 2.45) is 0 Å². The van der Waals surface area contributed by atoms with Crippen molar-refractivity contribution < 1.29 is 18.7 Å². The largest absolute Gasteiger partial charge is 0.495 e. The second-order valence-electron chi connectivity index (χ2n) is 5.24. The van der Waals surface area contributed by atoms with Crippen LogP contribution in [0.15, 0.2) is 58.3 Å². The summed E-state index contributed by atoms with van der Waals surface area (Å²) >= 11 is 0. The third-order valence-corrected chi connectivity index (χ3v) is 3.70. The molecule has 0 fully saturated rings. The van der Waals surface area contributed by atoms with E-state index in [1.165, 1.54) is 13.4 Å². The van der Waals surface area contributed by atoms with Crippen molar-refractivity contribution in [3.05, 3.63) is 59.7 Å². The van der Waals surface area contributed by atoms with Crippen LogP contribution in [0.4, 0.5) is 10.5 Å². The third-order valence-electron chi connectivity index (χ3n) is 3.70. The smallest absolute Gasteiger partial charge is 0.319 e. The highest BCUT2D eigenvalue weighted by atomic mass is 16.5. The average molecular weight is 327 g/mol. The fourth-order valence-electron chi connectivity index (χ4n) is 2.60. The zero-order valence-corrected chi connectivity index (χ0v) is 13.3. The summed E-state index contributed by atoms with van der Waals surface area (Å²) < 4.78 is 10.6. The molecule has 1 aromatic carbocycles. The molecule has 0 unspecified atom stereocenters. The summed E-state index contributed by atoms with van der Waals surface area (Å²) in [5.74, 6) is 0.673. The number of anilines is 1. The van der Waals surface area contributed by atoms with Crippen molar-refractivity contribution in [2.75, 3.05) is 12.4 Å². The topological polar surface area (TPSA) is 92.6 Å². The van der Waals surface area contributed by atoms with Crippen LogP contribution in [0.3, 0.4) is 0 Å². The Morgan fingerprint density at radius 3 is 2.75 bits per heavy atom. The maximum absolute atomic E-state index is 12.8. The van der Waals surface area contributed by atoms with Gasteiger partial charge in [0.05, 0.1) is 24.6 Å². The lowest BCUT2D eigenvalue weighted by Gasteiger charge is -2.27.